The first-order valence-electron chi connectivity index (χ1n) is 16.9. The quantitative estimate of drug-likeness (QED) is 0.0890. The van der Waals surface area contributed by atoms with E-state index in [1.165, 1.54) is 14.0 Å². The summed E-state index contributed by atoms with van der Waals surface area (Å²) < 4.78 is 29.8. The first-order chi connectivity index (χ1) is 22.6. The number of esters is 1. The fourth-order valence-electron chi connectivity index (χ4n) is 6.99. The second kappa shape index (κ2) is 14.3. The SMILES string of the molecule is CN[C@]1(C(=O)OC(C)(C)C)[C@@H](O)[C@@H](O[C@@H]2[C@@H](O)[C@H](O[C@H]3OC(C(N)C4(C)CC4)=CC[C@H]3N)[C@@H](N)C[C@]2(N)C(=O)[C@H](O)CCN)OC[C@]1(C)O. The van der Waals surface area contributed by atoms with Gasteiger partial charge in [-0.2, -0.15) is 0 Å². The number of hydrogen-bond acceptors (Lipinski definition) is 17. The Morgan fingerprint density at radius 1 is 1.12 bits per heavy atom. The second-order valence-electron chi connectivity index (χ2n) is 15.6. The summed E-state index contributed by atoms with van der Waals surface area (Å²) in [6, 6.07) is -2.18. The van der Waals surface area contributed by atoms with Crippen LogP contribution in [0.4, 0.5) is 0 Å². The molecule has 2 heterocycles. The number of Topliss-reactive ketones (excluding diaryl/α,β-unsaturated/α-hetero) is 1. The van der Waals surface area contributed by atoms with E-state index < -0.39 is 102 Å². The summed E-state index contributed by atoms with van der Waals surface area (Å²) >= 11 is 0. The van der Waals surface area contributed by atoms with Crippen LogP contribution < -0.4 is 34.0 Å². The van der Waals surface area contributed by atoms with Crippen LogP contribution in [0.15, 0.2) is 11.8 Å². The average molecular weight is 703 g/mol. The molecule has 0 bridgehead atoms. The molecular formula is C32H58N6O11. The van der Waals surface area contributed by atoms with Crippen LogP contribution in [-0.4, -0.2) is 136 Å². The minimum absolute atomic E-state index is 0.0527. The van der Waals surface area contributed by atoms with E-state index in [-0.39, 0.29) is 24.8 Å². The molecule has 4 aliphatic rings. The van der Waals surface area contributed by atoms with Crippen molar-refractivity contribution in [3.8, 4) is 0 Å². The number of rotatable bonds is 12. The van der Waals surface area contributed by atoms with E-state index in [9.17, 15) is 30.0 Å². The number of carbonyl (C=O) groups is 2. The molecule has 0 spiro atoms. The standard InChI is InChI=1S/C32H58N6O11/c1-28(2,3)49-27(43)32(38-6)23(42)26(45-14-30(32,5)44)48-24-19(40)20(16(35)13-31(24,37)22(41)17(39)9-12-33)47-25-15(34)7-8-18(46-25)21(36)29(4)10-11-29/h8,15-17,19-21,23-26,38-40,42,44H,7,9-14,33-37H2,1-6H3/t15-,16+,17-,19+,20-,21?,23+,24-,25-,26-,30+,31+,32+/m1/s1. The topological polar surface area (TPSA) is 303 Å². The maximum absolute atomic E-state index is 13.7. The molecule has 49 heavy (non-hydrogen) atoms. The minimum Gasteiger partial charge on any atom is -0.466 e. The van der Waals surface area contributed by atoms with Crippen LogP contribution in [0.1, 0.15) is 66.7 Å². The molecular weight excluding hydrogens is 644 g/mol. The lowest BCUT2D eigenvalue weighted by Crippen LogP contribution is -2.80. The van der Waals surface area contributed by atoms with Gasteiger partial charge in [-0.3, -0.25) is 4.79 Å². The fraction of sp³-hybridized carbons (Fsp3) is 0.875. The van der Waals surface area contributed by atoms with Crippen LogP contribution in [-0.2, 0) is 33.3 Å². The van der Waals surface area contributed by atoms with Gasteiger partial charge < -0.3 is 78.1 Å². The summed E-state index contributed by atoms with van der Waals surface area (Å²) in [4.78, 5) is 27.4. The monoisotopic (exact) mass is 702 g/mol. The maximum Gasteiger partial charge on any atom is 0.332 e. The molecule has 0 aromatic carbocycles. The van der Waals surface area contributed by atoms with Gasteiger partial charge in [0.2, 0.25) is 6.29 Å². The van der Waals surface area contributed by atoms with Crippen molar-refractivity contribution in [3.63, 3.8) is 0 Å². The molecule has 0 aromatic heterocycles. The van der Waals surface area contributed by atoms with E-state index in [1.807, 2.05) is 6.08 Å². The Hall–Kier alpha value is -1.84. The highest BCUT2D eigenvalue weighted by Crippen LogP contribution is 2.50. The van der Waals surface area contributed by atoms with Gasteiger partial charge >= 0.3 is 5.97 Å². The van der Waals surface area contributed by atoms with Crippen LogP contribution in [0.5, 0.6) is 0 Å². The van der Waals surface area contributed by atoms with Crippen LogP contribution in [0.25, 0.3) is 0 Å². The molecule has 4 rings (SSSR count). The molecule has 282 valence electrons. The van der Waals surface area contributed by atoms with Crippen molar-refractivity contribution in [2.45, 2.75) is 150 Å². The Morgan fingerprint density at radius 3 is 2.31 bits per heavy atom. The first kappa shape index (κ1) is 39.9. The lowest BCUT2D eigenvalue weighted by Gasteiger charge is -2.54. The Kier molecular flexibility index (Phi) is 11.6. The molecule has 17 nitrogen and oxygen atoms in total. The summed E-state index contributed by atoms with van der Waals surface area (Å²) in [5.41, 5.74) is 24.1. The summed E-state index contributed by atoms with van der Waals surface area (Å²) in [5, 5.41) is 48.4. The Balaban J connectivity index is 1.67. The fourth-order valence-corrected chi connectivity index (χ4v) is 6.99. The normalized spacial score (nSPS) is 42.0. The number of ketones is 1. The van der Waals surface area contributed by atoms with E-state index >= 15 is 0 Å². The van der Waals surface area contributed by atoms with Gasteiger partial charge in [0.05, 0.1) is 18.7 Å². The molecule has 2 saturated carbocycles. The van der Waals surface area contributed by atoms with Crippen LogP contribution in [0.3, 0.4) is 0 Å². The van der Waals surface area contributed by atoms with E-state index in [1.54, 1.807) is 20.8 Å². The molecule has 13 atom stereocenters. The van der Waals surface area contributed by atoms with E-state index in [2.05, 4.69) is 12.2 Å². The minimum atomic E-state index is -2.21. The van der Waals surface area contributed by atoms with Crippen molar-refractivity contribution < 1.29 is 53.7 Å². The third-order valence-corrected chi connectivity index (χ3v) is 10.4. The largest absolute Gasteiger partial charge is 0.466 e. The maximum atomic E-state index is 13.7. The molecule has 1 saturated heterocycles. The lowest BCUT2D eigenvalue weighted by atomic mass is 9.70. The number of aliphatic hydroxyl groups excluding tert-OH is 3. The Morgan fingerprint density at radius 2 is 1.76 bits per heavy atom. The summed E-state index contributed by atoms with van der Waals surface area (Å²) in [5.74, 6) is -1.44. The third-order valence-electron chi connectivity index (χ3n) is 10.4. The van der Waals surface area contributed by atoms with Crippen molar-refractivity contribution in [1.82, 2.24) is 5.32 Å². The molecule has 0 amide bonds. The van der Waals surface area contributed by atoms with Crippen molar-refractivity contribution in [1.29, 1.82) is 0 Å². The predicted molar refractivity (Wildman–Crippen MR) is 175 cm³/mol. The number of ether oxygens (including phenoxy) is 5. The van der Waals surface area contributed by atoms with Gasteiger partial charge in [0.15, 0.2) is 17.6 Å². The van der Waals surface area contributed by atoms with Gasteiger partial charge in [-0.25, -0.2) is 4.79 Å². The van der Waals surface area contributed by atoms with Crippen LogP contribution in [0, 0.1) is 5.41 Å². The molecule has 0 radical (unpaired) electrons. The zero-order chi connectivity index (χ0) is 36.9. The lowest BCUT2D eigenvalue weighted by molar-refractivity contribution is -0.323. The highest BCUT2D eigenvalue weighted by molar-refractivity contribution is 5.93. The molecule has 2 aliphatic heterocycles. The van der Waals surface area contributed by atoms with Crippen molar-refractivity contribution >= 4 is 11.8 Å². The molecule has 2 aliphatic carbocycles. The summed E-state index contributed by atoms with van der Waals surface area (Å²) in [6.45, 7) is 7.57. The molecule has 15 N–H and O–H groups in total. The highest BCUT2D eigenvalue weighted by Gasteiger charge is 2.66. The van der Waals surface area contributed by atoms with Gasteiger partial charge in [0, 0.05) is 6.04 Å². The average Bonchev–Trinajstić information content (AvgIpc) is 3.76. The molecule has 0 aromatic rings. The van der Waals surface area contributed by atoms with Crippen molar-refractivity contribution in [2.75, 3.05) is 20.2 Å². The molecule has 3 fully saturated rings. The number of carbonyl (C=O) groups excluding carboxylic acids is 2. The number of aliphatic hydroxyl groups is 4. The zero-order valence-corrected chi connectivity index (χ0v) is 29.3. The second-order valence-corrected chi connectivity index (χ2v) is 15.6. The predicted octanol–water partition coefficient (Wildman–Crippen LogP) is -3.32. The van der Waals surface area contributed by atoms with Crippen LogP contribution >= 0.6 is 0 Å². The van der Waals surface area contributed by atoms with E-state index in [0.29, 0.717) is 12.2 Å². The van der Waals surface area contributed by atoms with Gasteiger partial charge in [-0.1, -0.05) is 6.92 Å². The van der Waals surface area contributed by atoms with Crippen molar-refractivity contribution in [3.05, 3.63) is 11.8 Å². The van der Waals surface area contributed by atoms with Gasteiger partial charge in [-0.15, -0.1) is 0 Å². The van der Waals surface area contributed by atoms with E-state index in [0.717, 1.165) is 12.8 Å². The van der Waals surface area contributed by atoms with Crippen molar-refractivity contribution in [2.24, 2.45) is 34.1 Å². The Bertz CT molecular complexity index is 1240. The summed E-state index contributed by atoms with van der Waals surface area (Å²) in [6.07, 6.45) is -7.83. The summed E-state index contributed by atoms with van der Waals surface area (Å²) in [7, 11) is 1.34. The zero-order valence-electron chi connectivity index (χ0n) is 29.3. The number of hydrogen-bond donors (Lipinski definition) is 10. The Labute approximate surface area is 287 Å². The number of likely N-dealkylation sites (N-methyl/N-ethyl adjacent to an activating group) is 1. The molecule has 1 unspecified atom stereocenters. The van der Waals surface area contributed by atoms with Crippen LogP contribution in [0.2, 0.25) is 0 Å². The third kappa shape index (κ3) is 7.55. The number of nitrogens with two attached hydrogens (primary N) is 5. The van der Waals surface area contributed by atoms with Gasteiger partial charge in [0.25, 0.3) is 0 Å². The molecule has 17 heteroatoms. The number of nitrogens with one attached hydrogen (secondary N) is 1. The highest BCUT2D eigenvalue weighted by atomic mass is 16.7. The van der Waals surface area contributed by atoms with Gasteiger partial charge in [0.1, 0.15) is 53.0 Å². The van der Waals surface area contributed by atoms with E-state index in [4.69, 9.17) is 52.4 Å². The first-order valence-corrected chi connectivity index (χ1v) is 16.9. The van der Waals surface area contributed by atoms with Gasteiger partial charge in [-0.05, 0) is 84.9 Å². The smallest absolute Gasteiger partial charge is 0.332 e.